The van der Waals surface area contributed by atoms with Crippen LogP contribution in [0.2, 0.25) is 0 Å². The van der Waals surface area contributed by atoms with Gasteiger partial charge >= 0.3 is 0 Å². The summed E-state index contributed by atoms with van der Waals surface area (Å²) < 4.78 is 26.5. The van der Waals surface area contributed by atoms with Crippen LogP contribution in [0, 0.1) is 12.7 Å². The standard InChI is InChI=1S/C21H21FN4O2/c1-16-20(15-23-25-11-13-27-14-12-25)21(28-19-9-7-17(22)8-10-19)26(24-16)18-5-3-2-4-6-18/h2-10,15H,11-14H2,1H3. The van der Waals surface area contributed by atoms with Crippen LogP contribution in [-0.2, 0) is 4.74 Å². The summed E-state index contributed by atoms with van der Waals surface area (Å²) in [6.45, 7) is 4.74. The number of nitrogens with zero attached hydrogens (tertiary/aromatic N) is 4. The van der Waals surface area contributed by atoms with Gasteiger partial charge in [0.1, 0.15) is 11.6 Å². The largest absolute Gasteiger partial charge is 0.438 e. The van der Waals surface area contributed by atoms with Crippen LogP contribution < -0.4 is 4.74 Å². The van der Waals surface area contributed by atoms with Crippen molar-refractivity contribution in [1.29, 1.82) is 0 Å². The molecule has 0 atom stereocenters. The fourth-order valence-corrected chi connectivity index (χ4v) is 2.93. The average Bonchev–Trinajstić information content (AvgIpc) is 3.05. The third-order valence-corrected chi connectivity index (χ3v) is 4.43. The number of para-hydroxylation sites is 1. The first kappa shape index (κ1) is 18.2. The Hall–Kier alpha value is -3.19. The highest BCUT2D eigenvalue weighted by Gasteiger charge is 2.18. The molecule has 3 aromatic rings. The van der Waals surface area contributed by atoms with E-state index in [1.807, 2.05) is 42.3 Å². The van der Waals surface area contributed by atoms with E-state index >= 15 is 0 Å². The second kappa shape index (κ2) is 8.22. The van der Waals surface area contributed by atoms with Gasteiger partial charge in [0.25, 0.3) is 0 Å². The number of morpholine rings is 1. The number of hydrogen-bond donors (Lipinski definition) is 0. The number of hydrogen-bond acceptors (Lipinski definition) is 5. The van der Waals surface area contributed by atoms with Gasteiger partial charge in [-0.2, -0.15) is 14.9 Å². The fraction of sp³-hybridized carbons (Fsp3) is 0.238. The highest BCUT2D eigenvalue weighted by Crippen LogP contribution is 2.29. The predicted octanol–water partition coefficient (Wildman–Crippen LogP) is 3.78. The molecule has 2 aromatic carbocycles. The minimum atomic E-state index is -0.311. The molecule has 0 aliphatic carbocycles. The van der Waals surface area contributed by atoms with Gasteiger partial charge in [-0.05, 0) is 43.3 Å². The number of benzene rings is 2. The zero-order chi connectivity index (χ0) is 19.3. The van der Waals surface area contributed by atoms with Crippen molar-refractivity contribution in [3.05, 3.63) is 71.7 Å². The summed E-state index contributed by atoms with van der Waals surface area (Å²) in [5.74, 6) is 0.751. The Bertz CT molecular complexity index is 949. The Kier molecular flexibility index (Phi) is 5.34. The monoisotopic (exact) mass is 380 g/mol. The third kappa shape index (κ3) is 4.04. The first-order chi connectivity index (χ1) is 13.7. The maximum absolute atomic E-state index is 13.3. The second-order valence-electron chi connectivity index (χ2n) is 6.42. The first-order valence-electron chi connectivity index (χ1n) is 9.16. The van der Waals surface area contributed by atoms with E-state index in [0.29, 0.717) is 24.8 Å². The van der Waals surface area contributed by atoms with Gasteiger partial charge in [0.2, 0.25) is 5.88 Å². The fourth-order valence-electron chi connectivity index (χ4n) is 2.93. The van der Waals surface area contributed by atoms with E-state index in [1.54, 1.807) is 23.0 Å². The summed E-state index contributed by atoms with van der Waals surface area (Å²) in [6.07, 6.45) is 1.77. The van der Waals surface area contributed by atoms with Gasteiger partial charge in [0.05, 0.1) is 49.5 Å². The molecule has 0 spiro atoms. The Morgan fingerprint density at radius 1 is 1.07 bits per heavy atom. The Morgan fingerprint density at radius 2 is 1.79 bits per heavy atom. The Balaban J connectivity index is 1.72. The van der Waals surface area contributed by atoms with Crippen molar-refractivity contribution in [3.8, 4) is 17.3 Å². The molecule has 2 heterocycles. The molecule has 1 aromatic heterocycles. The lowest BCUT2D eigenvalue weighted by molar-refractivity contribution is 0.0397. The smallest absolute Gasteiger partial charge is 0.231 e. The number of ether oxygens (including phenoxy) is 2. The zero-order valence-corrected chi connectivity index (χ0v) is 15.6. The van der Waals surface area contributed by atoms with Crippen LogP contribution in [0.5, 0.6) is 11.6 Å². The average molecular weight is 380 g/mol. The summed E-state index contributed by atoms with van der Waals surface area (Å²) in [5.41, 5.74) is 2.44. The number of rotatable bonds is 5. The molecule has 6 nitrogen and oxygen atoms in total. The first-order valence-corrected chi connectivity index (χ1v) is 9.16. The molecule has 0 amide bonds. The molecule has 0 bridgehead atoms. The summed E-state index contributed by atoms with van der Waals surface area (Å²) in [6, 6.07) is 15.7. The van der Waals surface area contributed by atoms with E-state index in [0.717, 1.165) is 30.0 Å². The van der Waals surface area contributed by atoms with Crippen LogP contribution in [0.15, 0.2) is 59.7 Å². The molecule has 0 radical (unpaired) electrons. The van der Waals surface area contributed by atoms with Crippen LogP contribution in [-0.4, -0.2) is 47.3 Å². The van der Waals surface area contributed by atoms with Crippen molar-refractivity contribution < 1.29 is 13.9 Å². The van der Waals surface area contributed by atoms with Gasteiger partial charge in [-0.25, -0.2) is 4.39 Å². The third-order valence-electron chi connectivity index (χ3n) is 4.43. The van der Waals surface area contributed by atoms with Gasteiger partial charge < -0.3 is 9.47 Å². The summed E-state index contributed by atoms with van der Waals surface area (Å²) in [5, 5.41) is 11.2. The van der Waals surface area contributed by atoms with Crippen LogP contribution in [0.4, 0.5) is 4.39 Å². The molecule has 28 heavy (non-hydrogen) atoms. The maximum atomic E-state index is 13.3. The molecule has 4 rings (SSSR count). The molecular weight excluding hydrogens is 359 g/mol. The van der Waals surface area contributed by atoms with E-state index in [1.165, 1.54) is 12.1 Å². The molecule has 1 fully saturated rings. The lowest BCUT2D eigenvalue weighted by Gasteiger charge is -2.23. The molecule has 0 unspecified atom stereocenters. The zero-order valence-electron chi connectivity index (χ0n) is 15.6. The molecule has 0 saturated carbocycles. The van der Waals surface area contributed by atoms with Gasteiger partial charge in [0.15, 0.2) is 0 Å². The van der Waals surface area contributed by atoms with Gasteiger partial charge in [-0.3, -0.25) is 5.01 Å². The number of aryl methyl sites for hydroxylation is 1. The molecular formula is C21H21FN4O2. The summed E-state index contributed by atoms with van der Waals surface area (Å²) in [4.78, 5) is 0. The number of hydrazone groups is 1. The lowest BCUT2D eigenvalue weighted by Crippen LogP contribution is -2.32. The molecule has 1 saturated heterocycles. The van der Waals surface area contributed by atoms with Crippen molar-refractivity contribution in [2.45, 2.75) is 6.92 Å². The minimum absolute atomic E-state index is 0.311. The van der Waals surface area contributed by atoms with Crippen LogP contribution in [0.1, 0.15) is 11.3 Å². The van der Waals surface area contributed by atoms with Crippen LogP contribution >= 0.6 is 0 Å². The second-order valence-corrected chi connectivity index (χ2v) is 6.42. The summed E-state index contributed by atoms with van der Waals surface area (Å²) >= 11 is 0. The van der Waals surface area contributed by atoms with E-state index in [9.17, 15) is 4.39 Å². The van der Waals surface area contributed by atoms with E-state index in [4.69, 9.17) is 9.47 Å². The Morgan fingerprint density at radius 3 is 2.50 bits per heavy atom. The van der Waals surface area contributed by atoms with Crippen molar-refractivity contribution in [3.63, 3.8) is 0 Å². The molecule has 7 heteroatoms. The quantitative estimate of drug-likeness (QED) is 0.632. The minimum Gasteiger partial charge on any atom is -0.438 e. The van der Waals surface area contributed by atoms with Crippen molar-refractivity contribution in [2.24, 2.45) is 5.10 Å². The highest BCUT2D eigenvalue weighted by atomic mass is 19.1. The maximum Gasteiger partial charge on any atom is 0.231 e. The van der Waals surface area contributed by atoms with Gasteiger partial charge in [0, 0.05) is 0 Å². The van der Waals surface area contributed by atoms with Crippen LogP contribution in [0.3, 0.4) is 0 Å². The molecule has 144 valence electrons. The Labute approximate surface area is 162 Å². The summed E-state index contributed by atoms with van der Waals surface area (Å²) in [7, 11) is 0. The SMILES string of the molecule is Cc1nn(-c2ccccc2)c(Oc2ccc(F)cc2)c1C=NN1CCOCC1. The van der Waals surface area contributed by atoms with E-state index < -0.39 is 0 Å². The number of aromatic nitrogens is 2. The van der Waals surface area contributed by atoms with Crippen molar-refractivity contribution in [1.82, 2.24) is 14.8 Å². The molecule has 0 N–H and O–H groups in total. The van der Waals surface area contributed by atoms with Gasteiger partial charge in [-0.15, -0.1) is 0 Å². The number of halogens is 1. The normalized spacial score (nSPS) is 14.6. The lowest BCUT2D eigenvalue weighted by atomic mass is 10.2. The van der Waals surface area contributed by atoms with E-state index in [-0.39, 0.29) is 5.82 Å². The van der Waals surface area contributed by atoms with Crippen LogP contribution in [0.25, 0.3) is 5.69 Å². The molecule has 1 aliphatic heterocycles. The van der Waals surface area contributed by atoms with Crippen molar-refractivity contribution in [2.75, 3.05) is 26.3 Å². The van der Waals surface area contributed by atoms with E-state index in [2.05, 4.69) is 10.2 Å². The predicted molar refractivity (Wildman–Crippen MR) is 105 cm³/mol. The van der Waals surface area contributed by atoms with Crippen molar-refractivity contribution >= 4 is 6.21 Å². The molecule has 1 aliphatic rings. The van der Waals surface area contributed by atoms with Gasteiger partial charge in [-0.1, -0.05) is 18.2 Å². The topological polar surface area (TPSA) is 51.9 Å². The highest BCUT2D eigenvalue weighted by molar-refractivity contribution is 5.84.